The van der Waals surface area contributed by atoms with Crippen LogP contribution in [0.1, 0.15) is 0 Å². The lowest BCUT2D eigenvalue weighted by atomic mass is 10.3. The van der Waals surface area contributed by atoms with Crippen LogP contribution in [0.5, 0.6) is 0 Å². The van der Waals surface area contributed by atoms with Crippen molar-refractivity contribution in [3.63, 3.8) is 0 Å². The Morgan fingerprint density at radius 2 is 2.17 bits per heavy atom. The van der Waals surface area contributed by atoms with E-state index in [0.717, 1.165) is 11.6 Å². The molecule has 1 rings (SSSR count). The molecule has 0 fully saturated rings. The van der Waals surface area contributed by atoms with Gasteiger partial charge in [-0.25, -0.2) is 9.18 Å². The number of hydrogen-bond donors (Lipinski definition) is 2. The first-order valence-electron chi connectivity index (χ1n) is 3.15. The summed E-state index contributed by atoms with van der Waals surface area (Å²) in [6.07, 6.45) is 0. The molecule has 0 aliphatic rings. The Hall–Kier alpha value is -1.65. The number of carbonyl (C=O) groups is 1. The molecule has 1 aromatic carbocycles. The molecule has 0 saturated heterocycles. The van der Waals surface area contributed by atoms with Crippen LogP contribution < -0.4 is 10.9 Å². The maximum Gasteiger partial charge on any atom is 0.347 e. The number of urea groups is 1. The highest BCUT2D eigenvalue weighted by Gasteiger charge is 1.99. The van der Waals surface area contributed by atoms with Crippen molar-refractivity contribution in [3.05, 3.63) is 30.1 Å². The second-order valence-electron chi connectivity index (χ2n) is 2.06. The molecule has 5 heteroatoms. The van der Waals surface area contributed by atoms with Crippen LogP contribution in [-0.2, 0) is 0 Å². The van der Waals surface area contributed by atoms with Gasteiger partial charge >= 0.3 is 6.03 Å². The molecule has 0 unspecified atom stereocenters. The van der Waals surface area contributed by atoms with Gasteiger partial charge < -0.3 is 5.32 Å². The third kappa shape index (κ3) is 2.19. The van der Waals surface area contributed by atoms with Crippen molar-refractivity contribution in [2.75, 3.05) is 5.32 Å². The van der Waals surface area contributed by atoms with Gasteiger partial charge in [0.1, 0.15) is 5.82 Å². The number of amides is 2. The number of rotatable bonds is 1. The fourth-order valence-corrected chi connectivity index (χ4v) is 0.721. The van der Waals surface area contributed by atoms with Gasteiger partial charge in [-0.15, -0.1) is 0 Å². The monoisotopic (exact) mass is 172 g/mol. The van der Waals surface area contributed by atoms with Crippen LogP contribution in [0, 0.1) is 5.82 Å². The summed E-state index contributed by atoms with van der Waals surface area (Å²) < 4.78 is 23.9. The minimum absolute atomic E-state index is 0.199. The molecule has 0 spiro atoms. The van der Waals surface area contributed by atoms with Gasteiger partial charge in [0, 0.05) is 5.69 Å². The number of benzene rings is 1. The SMILES string of the molecule is O=C(NF)Nc1cccc(F)c1. The van der Waals surface area contributed by atoms with Gasteiger partial charge in [-0.3, -0.25) is 0 Å². The summed E-state index contributed by atoms with van der Waals surface area (Å²) in [6.45, 7) is 0. The zero-order valence-electron chi connectivity index (χ0n) is 5.97. The van der Waals surface area contributed by atoms with Crippen LogP contribution in [0.15, 0.2) is 24.3 Å². The van der Waals surface area contributed by atoms with E-state index >= 15 is 0 Å². The van der Waals surface area contributed by atoms with Gasteiger partial charge in [0.15, 0.2) is 0 Å². The van der Waals surface area contributed by atoms with Crippen LogP contribution in [0.2, 0.25) is 0 Å². The number of hydrogen-bond acceptors (Lipinski definition) is 1. The minimum atomic E-state index is -1.03. The van der Waals surface area contributed by atoms with Crippen LogP contribution in [0.25, 0.3) is 0 Å². The van der Waals surface area contributed by atoms with Crippen LogP contribution in [0.3, 0.4) is 0 Å². The summed E-state index contributed by atoms with van der Waals surface area (Å²) in [7, 11) is 0. The summed E-state index contributed by atoms with van der Waals surface area (Å²) >= 11 is 0. The molecule has 12 heavy (non-hydrogen) atoms. The Kier molecular flexibility index (Phi) is 2.57. The standard InChI is InChI=1S/C7H6F2N2O/c8-5-2-1-3-6(4-5)10-7(12)11-9/h1-4H,(H2,10,11,12). The third-order valence-electron chi connectivity index (χ3n) is 1.17. The minimum Gasteiger partial charge on any atom is -0.306 e. The van der Waals surface area contributed by atoms with E-state index in [-0.39, 0.29) is 5.69 Å². The summed E-state index contributed by atoms with van der Waals surface area (Å²) in [5.74, 6) is -0.494. The average Bonchev–Trinajstić information content (AvgIpc) is 2.04. The van der Waals surface area contributed by atoms with Gasteiger partial charge in [-0.05, 0) is 18.2 Å². The Morgan fingerprint density at radius 1 is 1.42 bits per heavy atom. The van der Waals surface area contributed by atoms with E-state index in [1.54, 1.807) is 0 Å². The van der Waals surface area contributed by atoms with Crippen LogP contribution >= 0.6 is 0 Å². The van der Waals surface area contributed by atoms with E-state index in [1.165, 1.54) is 18.2 Å². The van der Waals surface area contributed by atoms with Crippen molar-refractivity contribution in [1.82, 2.24) is 5.54 Å². The number of nitrogens with one attached hydrogen (secondary N) is 2. The molecule has 2 N–H and O–H groups in total. The third-order valence-corrected chi connectivity index (χ3v) is 1.17. The van der Waals surface area contributed by atoms with Gasteiger partial charge in [-0.1, -0.05) is 10.5 Å². The summed E-state index contributed by atoms with van der Waals surface area (Å²) in [6, 6.07) is 4.12. The highest BCUT2D eigenvalue weighted by molar-refractivity contribution is 5.88. The quantitative estimate of drug-likeness (QED) is 0.623. The second kappa shape index (κ2) is 3.66. The largest absolute Gasteiger partial charge is 0.347 e. The lowest BCUT2D eigenvalue weighted by molar-refractivity contribution is 0.230. The first kappa shape index (κ1) is 8.45. The van der Waals surface area contributed by atoms with Gasteiger partial charge in [0.25, 0.3) is 0 Å². The molecular formula is C7H6F2N2O. The molecule has 0 saturated carbocycles. The van der Waals surface area contributed by atoms with Gasteiger partial charge in [0.2, 0.25) is 0 Å². The fraction of sp³-hybridized carbons (Fsp3) is 0. The Bertz CT molecular complexity index is 290. The van der Waals surface area contributed by atoms with Gasteiger partial charge in [-0.2, -0.15) is 5.54 Å². The molecule has 0 bridgehead atoms. The number of halogens is 2. The zero-order valence-corrected chi connectivity index (χ0v) is 5.97. The average molecular weight is 172 g/mol. The lowest BCUT2D eigenvalue weighted by Crippen LogP contribution is -2.21. The molecule has 0 heterocycles. The topological polar surface area (TPSA) is 41.1 Å². The Morgan fingerprint density at radius 3 is 2.75 bits per heavy atom. The second-order valence-corrected chi connectivity index (χ2v) is 2.06. The molecule has 3 nitrogen and oxygen atoms in total. The first-order valence-corrected chi connectivity index (χ1v) is 3.15. The van der Waals surface area contributed by atoms with E-state index in [0.29, 0.717) is 0 Å². The molecule has 0 aromatic heterocycles. The van der Waals surface area contributed by atoms with E-state index in [1.807, 2.05) is 0 Å². The summed E-state index contributed by atoms with van der Waals surface area (Å²) in [4.78, 5) is 10.4. The van der Waals surface area contributed by atoms with Gasteiger partial charge in [0.05, 0.1) is 0 Å². The predicted molar refractivity (Wildman–Crippen MR) is 39.7 cm³/mol. The lowest BCUT2D eigenvalue weighted by Gasteiger charge is -2.00. The zero-order chi connectivity index (χ0) is 8.97. The van der Waals surface area contributed by atoms with Crippen molar-refractivity contribution < 1.29 is 13.7 Å². The van der Waals surface area contributed by atoms with Crippen molar-refractivity contribution in [3.8, 4) is 0 Å². The molecule has 1 aromatic rings. The Labute approximate surface area is 67.3 Å². The van der Waals surface area contributed by atoms with Crippen molar-refractivity contribution in [1.29, 1.82) is 0 Å². The van der Waals surface area contributed by atoms with Crippen molar-refractivity contribution in [2.45, 2.75) is 0 Å². The fourth-order valence-electron chi connectivity index (χ4n) is 0.721. The smallest absolute Gasteiger partial charge is 0.306 e. The highest BCUT2D eigenvalue weighted by atomic mass is 19.2. The molecule has 0 aliphatic carbocycles. The van der Waals surface area contributed by atoms with Crippen LogP contribution in [0.4, 0.5) is 19.4 Å². The Balaban J connectivity index is 2.69. The molecule has 0 atom stereocenters. The maximum absolute atomic E-state index is 12.5. The van der Waals surface area contributed by atoms with E-state index < -0.39 is 11.8 Å². The molecule has 2 amide bonds. The number of anilines is 1. The maximum atomic E-state index is 12.5. The molecule has 0 radical (unpaired) electrons. The van der Waals surface area contributed by atoms with Crippen molar-refractivity contribution in [2.24, 2.45) is 0 Å². The molecular weight excluding hydrogens is 166 g/mol. The summed E-state index contributed by atoms with van der Waals surface area (Å²) in [5, 5.41) is 2.07. The predicted octanol–water partition coefficient (Wildman–Crippen LogP) is 1.83. The highest BCUT2D eigenvalue weighted by Crippen LogP contribution is 2.08. The van der Waals surface area contributed by atoms with Crippen LogP contribution in [-0.4, -0.2) is 6.03 Å². The summed E-state index contributed by atoms with van der Waals surface area (Å²) in [5.41, 5.74) is 1.06. The first-order chi connectivity index (χ1) is 5.72. The normalized spacial score (nSPS) is 9.17. The van der Waals surface area contributed by atoms with E-state index in [9.17, 15) is 13.7 Å². The van der Waals surface area contributed by atoms with E-state index in [4.69, 9.17) is 0 Å². The molecule has 64 valence electrons. The van der Waals surface area contributed by atoms with E-state index in [2.05, 4.69) is 5.32 Å². The molecule has 0 aliphatic heterocycles. The van der Waals surface area contributed by atoms with Crippen molar-refractivity contribution >= 4 is 11.7 Å². The number of carbonyl (C=O) groups excluding carboxylic acids is 1.